The second kappa shape index (κ2) is 8.39. The molecule has 4 rings (SSSR count). The largest absolute Gasteiger partial charge is 0.372 e. The molecule has 2 aromatic carbocycles. The molecule has 2 aromatic rings. The van der Waals surface area contributed by atoms with Gasteiger partial charge in [0.05, 0.1) is 0 Å². The standard InChI is InChI=1S/C26H37N3/c1-21(2)22-7-11-24(12-8-22)28-17-19-29(20-18-28)26(3,4)23-9-13-25(14-10-23)27-15-5-6-16-27/h7-14,21H,5-6,15-20H2,1-4H3. The van der Waals surface area contributed by atoms with E-state index in [1.807, 2.05) is 0 Å². The smallest absolute Gasteiger partial charge is 0.0405 e. The maximum absolute atomic E-state index is 2.65. The van der Waals surface area contributed by atoms with Gasteiger partial charge in [0.25, 0.3) is 0 Å². The van der Waals surface area contributed by atoms with E-state index in [1.165, 1.54) is 48.4 Å². The summed E-state index contributed by atoms with van der Waals surface area (Å²) in [5, 5.41) is 0. The summed E-state index contributed by atoms with van der Waals surface area (Å²) in [7, 11) is 0. The van der Waals surface area contributed by atoms with Gasteiger partial charge >= 0.3 is 0 Å². The first-order valence-corrected chi connectivity index (χ1v) is 11.4. The highest BCUT2D eigenvalue weighted by Crippen LogP contribution is 2.32. The summed E-state index contributed by atoms with van der Waals surface area (Å²) in [4.78, 5) is 7.70. The van der Waals surface area contributed by atoms with E-state index in [4.69, 9.17) is 0 Å². The van der Waals surface area contributed by atoms with E-state index in [9.17, 15) is 0 Å². The third-order valence-corrected chi connectivity index (χ3v) is 7.04. The summed E-state index contributed by atoms with van der Waals surface area (Å²) in [6.45, 7) is 16.1. The lowest BCUT2D eigenvalue weighted by Gasteiger charge is -2.45. The van der Waals surface area contributed by atoms with Gasteiger partial charge in [-0.3, -0.25) is 4.90 Å². The molecule has 0 unspecified atom stereocenters. The molecule has 0 spiro atoms. The van der Waals surface area contributed by atoms with Gasteiger partial charge in [0.15, 0.2) is 0 Å². The average Bonchev–Trinajstić information content (AvgIpc) is 3.29. The predicted molar refractivity (Wildman–Crippen MR) is 125 cm³/mol. The fraction of sp³-hybridized carbons (Fsp3) is 0.538. The van der Waals surface area contributed by atoms with Crippen molar-refractivity contribution in [2.45, 2.75) is 52.0 Å². The van der Waals surface area contributed by atoms with E-state index in [1.54, 1.807) is 0 Å². The molecule has 0 saturated carbocycles. The zero-order valence-electron chi connectivity index (χ0n) is 18.7. The van der Waals surface area contributed by atoms with E-state index in [0.29, 0.717) is 5.92 Å². The Morgan fingerprint density at radius 1 is 0.655 bits per heavy atom. The first-order chi connectivity index (χ1) is 13.9. The maximum Gasteiger partial charge on any atom is 0.0405 e. The molecule has 3 heteroatoms. The maximum atomic E-state index is 2.65. The summed E-state index contributed by atoms with van der Waals surface area (Å²) >= 11 is 0. The van der Waals surface area contributed by atoms with Crippen LogP contribution >= 0.6 is 0 Å². The van der Waals surface area contributed by atoms with Crippen molar-refractivity contribution >= 4 is 11.4 Å². The van der Waals surface area contributed by atoms with E-state index >= 15 is 0 Å². The fourth-order valence-electron chi connectivity index (χ4n) is 4.83. The van der Waals surface area contributed by atoms with Gasteiger partial charge in [0, 0.05) is 56.2 Å². The summed E-state index contributed by atoms with van der Waals surface area (Å²) in [5.74, 6) is 0.596. The number of benzene rings is 2. The van der Waals surface area contributed by atoms with Crippen molar-refractivity contribution in [3.05, 3.63) is 59.7 Å². The van der Waals surface area contributed by atoms with Crippen LogP contribution in [0.1, 0.15) is 57.6 Å². The van der Waals surface area contributed by atoms with Crippen LogP contribution in [-0.2, 0) is 5.54 Å². The SMILES string of the molecule is CC(C)c1ccc(N2CCN(C(C)(C)c3ccc(N4CCCC4)cc3)CC2)cc1. The van der Waals surface area contributed by atoms with Gasteiger partial charge in [-0.25, -0.2) is 0 Å². The molecular formula is C26H37N3. The lowest BCUT2D eigenvalue weighted by atomic mass is 9.91. The second-order valence-corrected chi connectivity index (χ2v) is 9.52. The van der Waals surface area contributed by atoms with Crippen molar-refractivity contribution in [1.29, 1.82) is 0 Å². The van der Waals surface area contributed by atoms with Gasteiger partial charge in [-0.05, 0) is 68.0 Å². The van der Waals surface area contributed by atoms with Gasteiger partial charge in [0.1, 0.15) is 0 Å². The number of piperazine rings is 1. The minimum absolute atomic E-state index is 0.0666. The van der Waals surface area contributed by atoms with Crippen LogP contribution in [-0.4, -0.2) is 44.2 Å². The van der Waals surface area contributed by atoms with Crippen molar-refractivity contribution < 1.29 is 0 Å². The van der Waals surface area contributed by atoms with Gasteiger partial charge in [-0.2, -0.15) is 0 Å². The van der Waals surface area contributed by atoms with Crippen LogP contribution in [0.2, 0.25) is 0 Å². The first kappa shape index (κ1) is 20.3. The zero-order valence-corrected chi connectivity index (χ0v) is 18.7. The molecule has 2 aliphatic heterocycles. The van der Waals surface area contributed by atoms with Crippen LogP contribution in [0.3, 0.4) is 0 Å². The molecular weight excluding hydrogens is 354 g/mol. The van der Waals surface area contributed by atoms with E-state index in [2.05, 4.69) is 90.9 Å². The van der Waals surface area contributed by atoms with Crippen LogP contribution < -0.4 is 9.80 Å². The molecule has 0 bridgehead atoms. The quantitative estimate of drug-likeness (QED) is 0.669. The highest BCUT2D eigenvalue weighted by molar-refractivity contribution is 5.50. The monoisotopic (exact) mass is 391 g/mol. The van der Waals surface area contributed by atoms with E-state index in [-0.39, 0.29) is 5.54 Å². The minimum atomic E-state index is 0.0666. The van der Waals surface area contributed by atoms with E-state index < -0.39 is 0 Å². The molecule has 0 N–H and O–H groups in total. The van der Waals surface area contributed by atoms with Gasteiger partial charge in [0.2, 0.25) is 0 Å². The number of hydrogen-bond donors (Lipinski definition) is 0. The Morgan fingerprint density at radius 2 is 1.14 bits per heavy atom. The highest BCUT2D eigenvalue weighted by Gasteiger charge is 2.31. The van der Waals surface area contributed by atoms with Crippen LogP contribution in [0.25, 0.3) is 0 Å². The highest BCUT2D eigenvalue weighted by atomic mass is 15.3. The Hall–Kier alpha value is -2.00. The number of nitrogens with zero attached hydrogens (tertiary/aromatic N) is 3. The van der Waals surface area contributed by atoms with Crippen LogP contribution in [0.4, 0.5) is 11.4 Å². The zero-order chi connectivity index (χ0) is 20.4. The molecule has 0 radical (unpaired) electrons. The molecule has 156 valence electrons. The molecule has 3 nitrogen and oxygen atoms in total. The third-order valence-electron chi connectivity index (χ3n) is 7.04. The third kappa shape index (κ3) is 4.30. The molecule has 2 saturated heterocycles. The number of rotatable bonds is 5. The molecule has 2 aliphatic rings. The van der Waals surface area contributed by atoms with Crippen molar-refractivity contribution in [1.82, 2.24) is 4.90 Å². The lowest BCUT2D eigenvalue weighted by Crippen LogP contribution is -2.53. The molecule has 0 atom stereocenters. The lowest BCUT2D eigenvalue weighted by molar-refractivity contribution is 0.111. The topological polar surface area (TPSA) is 9.72 Å². The molecule has 0 aromatic heterocycles. The Balaban J connectivity index is 1.39. The van der Waals surface area contributed by atoms with Crippen molar-refractivity contribution in [3.8, 4) is 0 Å². The Morgan fingerprint density at radius 3 is 1.66 bits per heavy atom. The molecule has 29 heavy (non-hydrogen) atoms. The average molecular weight is 392 g/mol. The van der Waals surface area contributed by atoms with Crippen molar-refractivity contribution in [2.75, 3.05) is 49.1 Å². The second-order valence-electron chi connectivity index (χ2n) is 9.52. The van der Waals surface area contributed by atoms with Gasteiger partial charge in [-0.15, -0.1) is 0 Å². The van der Waals surface area contributed by atoms with Crippen LogP contribution in [0.5, 0.6) is 0 Å². The van der Waals surface area contributed by atoms with Crippen LogP contribution in [0.15, 0.2) is 48.5 Å². The fourth-order valence-corrected chi connectivity index (χ4v) is 4.83. The number of anilines is 2. The van der Waals surface area contributed by atoms with Crippen molar-refractivity contribution in [2.24, 2.45) is 0 Å². The molecule has 0 aliphatic carbocycles. The Bertz CT molecular complexity index is 778. The first-order valence-electron chi connectivity index (χ1n) is 11.4. The predicted octanol–water partition coefficient (Wildman–Crippen LogP) is 5.47. The normalized spacial score (nSPS) is 18.7. The van der Waals surface area contributed by atoms with Gasteiger partial charge in [-0.1, -0.05) is 38.1 Å². The Labute approximate surface area is 177 Å². The molecule has 2 fully saturated rings. The van der Waals surface area contributed by atoms with Crippen LogP contribution in [0, 0.1) is 0 Å². The minimum Gasteiger partial charge on any atom is -0.372 e. The van der Waals surface area contributed by atoms with Crippen molar-refractivity contribution in [3.63, 3.8) is 0 Å². The summed E-state index contributed by atoms with van der Waals surface area (Å²) in [5.41, 5.74) is 5.66. The van der Waals surface area contributed by atoms with Gasteiger partial charge < -0.3 is 9.80 Å². The number of hydrogen-bond acceptors (Lipinski definition) is 3. The Kier molecular flexibility index (Phi) is 5.87. The summed E-state index contributed by atoms with van der Waals surface area (Å²) in [6.07, 6.45) is 2.66. The molecule has 2 heterocycles. The summed E-state index contributed by atoms with van der Waals surface area (Å²) in [6, 6.07) is 18.5. The van der Waals surface area contributed by atoms with E-state index in [0.717, 1.165) is 26.2 Å². The molecule has 0 amide bonds. The summed E-state index contributed by atoms with van der Waals surface area (Å²) < 4.78 is 0.